The Balaban J connectivity index is 1.25. The average molecular weight is 740 g/mol. The molecule has 5 aromatic carbocycles. The summed E-state index contributed by atoms with van der Waals surface area (Å²) in [7, 11) is -6.94. The zero-order valence-electron chi connectivity index (χ0n) is 26.9. The molecule has 7 aromatic rings. The van der Waals surface area contributed by atoms with Gasteiger partial charge in [-0.2, -0.15) is 4.98 Å². The third-order valence-electron chi connectivity index (χ3n) is 7.92. The molecule has 0 unspecified atom stereocenters. The van der Waals surface area contributed by atoms with E-state index in [9.17, 15) is 31.1 Å². The molecule has 0 atom stereocenters. The normalized spacial score (nSPS) is 12.0. The number of ether oxygens (including phenoxy) is 1. The van der Waals surface area contributed by atoms with Crippen LogP contribution in [0.25, 0.3) is 27.6 Å². The maximum atomic E-state index is 14.2. The number of oxazole rings is 1. The molecule has 7 rings (SSSR count). The molecule has 0 aliphatic heterocycles. The molecule has 0 fully saturated rings. The first-order chi connectivity index (χ1) is 24.9. The summed E-state index contributed by atoms with van der Waals surface area (Å²) in [5.74, 6) is -1.02. The third kappa shape index (κ3) is 6.43. The van der Waals surface area contributed by atoms with E-state index in [1.807, 2.05) is 0 Å². The Hall–Kier alpha value is -6.52. The van der Waals surface area contributed by atoms with E-state index in [2.05, 4.69) is 19.4 Å². The first-order valence-electron chi connectivity index (χ1n) is 15.3. The molecule has 3 N–H and O–H groups in total. The van der Waals surface area contributed by atoms with Crippen LogP contribution in [0.1, 0.15) is 5.56 Å². The zero-order chi connectivity index (χ0) is 36.6. The molecule has 2 heterocycles. The van der Waals surface area contributed by atoms with Crippen LogP contribution in [0.15, 0.2) is 139 Å². The summed E-state index contributed by atoms with van der Waals surface area (Å²) >= 11 is 0. The number of rotatable bonds is 10. The Morgan fingerprint density at radius 1 is 0.808 bits per heavy atom. The van der Waals surface area contributed by atoms with Gasteiger partial charge in [-0.3, -0.25) is 14.2 Å². The molecule has 52 heavy (non-hydrogen) atoms. The smallest absolute Gasteiger partial charge is 0.322 e. The van der Waals surface area contributed by atoms with Gasteiger partial charge in [0, 0.05) is 17.0 Å². The van der Waals surface area contributed by atoms with E-state index in [0.717, 1.165) is 16.7 Å². The highest BCUT2D eigenvalue weighted by atomic mass is 32.2. The van der Waals surface area contributed by atoms with Crippen molar-refractivity contribution in [2.45, 2.75) is 9.79 Å². The number of methoxy groups -OCH3 is 1. The number of sulfonamides is 2. The Bertz CT molecular complexity index is 2840. The van der Waals surface area contributed by atoms with Gasteiger partial charge in [0.2, 0.25) is 5.88 Å². The minimum atomic E-state index is -4.32. The number of para-hydroxylation sites is 3. The molecule has 0 saturated heterocycles. The highest BCUT2D eigenvalue weighted by Crippen LogP contribution is 2.31. The van der Waals surface area contributed by atoms with Crippen molar-refractivity contribution in [1.29, 1.82) is 0 Å². The minimum absolute atomic E-state index is 0.00311. The van der Waals surface area contributed by atoms with Gasteiger partial charge >= 0.3 is 6.01 Å². The zero-order valence-corrected chi connectivity index (χ0v) is 28.5. The lowest BCUT2D eigenvalue weighted by Crippen LogP contribution is -2.21. The van der Waals surface area contributed by atoms with Gasteiger partial charge in [0.1, 0.15) is 17.1 Å². The molecular formula is C36H26FN5O8S2. The fraction of sp³-hybridized carbons (Fsp3) is 0.0278. The molecule has 0 bridgehead atoms. The lowest BCUT2D eigenvalue weighted by atomic mass is 10.1. The summed E-state index contributed by atoms with van der Waals surface area (Å²) in [6.07, 6.45) is 1.22. The van der Waals surface area contributed by atoms with Crippen molar-refractivity contribution in [2.75, 3.05) is 16.6 Å². The number of aromatic hydroxyl groups is 1. The van der Waals surface area contributed by atoms with E-state index in [1.54, 1.807) is 42.5 Å². The van der Waals surface area contributed by atoms with Gasteiger partial charge in [-0.05, 0) is 66.7 Å². The standard InChI is InChI=1S/C36H26FN5O8S2/c1-49-32-16-7-6-15-30(32)41-52(47,48)24-17-18-33-31(20-24)39-36(50-33)38-21-27-25-11-2-3-12-26(25)34(43)42(35(27)44)22-9-8-10-23(19-22)51(45,46)40-29-14-5-4-13-28(29)37/h2-21,40-41,44H,1H3/b38-21+. The number of pyridine rings is 1. The van der Waals surface area contributed by atoms with Crippen molar-refractivity contribution in [1.82, 2.24) is 9.55 Å². The van der Waals surface area contributed by atoms with Gasteiger partial charge in [-0.25, -0.2) is 30.8 Å². The summed E-state index contributed by atoms with van der Waals surface area (Å²) < 4.78 is 83.5. The second-order valence-electron chi connectivity index (χ2n) is 11.2. The Morgan fingerprint density at radius 2 is 1.46 bits per heavy atom. The highest BCUT2D eigenvalue weighted by Gasteiger charge is 2.22. The molecular weight excluding hydrogens is 714 g/mol. The van der Waals surface area contributed by atoms with Gasteiger partial charge in [-0.15, -0.1) is 0 Å². The van der Waals surface area contributed by atoms with Crippen LogP contribution >= 0.6 is 0 Å². The van der Waals surface area contributed by atoms with E-state index in [4.69, 9.17) is 9.15 Å². The molecule has 0 saturated carbocycles. The van der Waals surface area contributed by atoms with Crippen molar-refractivity contribution in [3.63, 3.8) is 0 Å². The number of anilines is 2. The maximum absolute atomic E-state index is 14.2. The van der Waals surface area contributed by atoms with Gasteiger partial charge in [-0.1, -0.05) is 48.5 Å². The largest absolute Gasteiger partial charge is 0.495 e. The topological polar surface area (TPSA) is 182 Å². The van der Waals surface area contributed by atoms with Crippen LogP contribution in [0.5, 0.6) is 11.6 Å². The quantitative estimate of drug-likeness (QED) is 0.135. The summed E-state index contributed by atoms with van der Waals surface area (Å²) in [6, 6.07) is 27.3. The minimum Gasteiger partial charge on any atom is -0.495 e. The first-order valence-corrected chi connectivity index (χ1v) is 18.3. The molecule has 262 valence electrons. The van der Waals surface area contributed by atoms with Crippen LogP contribution in [0.2, 0.25) is 0 Å². The van der Waals surface area contributed by atoms with Crippen molar-refractivity contribution in [3.05, 3.63) is 137 Å². The summed E-state index contributed by atoms with van der Waals surface area (Å²) in [6.45, 7) is 0. The summed E-state index contributed by atoms with van der Waals surface area (Å²) in [5, 5.41) is 12.0. The van der Waals surface area contributed by atoms with Crippen molar-refractivity contribution < 1.29 is 35.5 Å². The highest BCUT2D eigenvalue weighted by molar-refractivity contribution is 7.93. The van der Waals surface area contributed by atoms with Crippen LogP contribution < -0.4 is 19.7 Å². The molecule has 0 aliphatic carbocycles. The van der Waals surface area contributed by atoms with Gasteiger partial charge in [0.25, 0.3) is 25.6 Å². The van der Waals surface area contributed by atoms with Gasteiger partial charge in [0.15, 0.2) is 5.58 Å². The fourth-order valence-corrected chi connectivity index (χ4v) is 7.63. The average Bonchev–Trinajstić information content (AvgIpc) is 3.55. The predicted molar refractivity (Wildman–Crippen MR) is 193 cm³/mol. The van der Waals surface area contributed by atoms with Crippen molar-refractivity contribution in [3.8, 4) is 17.3 Å². The third-order valence-corrected chi connectivity index (χ3v) is 10.6. The van der Waals surface area contributed by atoms with Crippen LogP contribution in [0, 0.1) is 5.82 Å². The number of nitrogens with zero attached hydrogens (tertiary/aromatic N) is 3. The van der Waals surface area contributed by atoms with E-state index in [1.165, 1.54) is 74.0 Å². The number of benzene rings is 5. The maximum Gasteiger partial charge on any atom is 0.322 e. The number of nitrogens with one attached hydrogen (secondary N) is 2. The Kier molecular flexibility index (Phi) is 8.69. The van der Waals surface area contributed by atoms with Crippen molar-refractivity contribution >= 4 is 65.5 Å². The van der Waals surface area contributed by atoms with Crippen molar-refractivity contribution in [2.24, 2.45) is 4.99 Å². The fourth-order valence-electron chi connectivity index (χ4n) is 5.44. The van der Waals surface area contributed by atoms with Crippen LogP contribution in [-0.4, -0.2) is 44.8 Å². The number of aromatic nitrogens is 2. The van der Waals surface area contributed by atoms with Crippen LogP contribution in [0.3, 0.4) is 0 Å². The molecule has 0 radical (unpaired) electrons. The number of aliphatic imine (C=N–C) groups is 1. The molecule has 2 aromatic heterocycles. The Labute approximate surface area is 295 Å². The van der Waals surface area contributed by atoms with Gasteiger partial charge < -0.3 is 14.3 Å². The summed E-state index contributed by atoms with van der Waals surface area (Å²) in [4.78, 5) is 21.9. The molecule has 13 nitrogen and oxygen atoms in total. The van der Waals surface area contributed by atoms with E-state index in [-0.39, 0.29) is 54.9 Å². The number of halogens is 1. The molecule has 16 heteroatoms. The van der Waals surface area contributed by atoms with E-state index in [0.29, 0.717) is 11.1 Å². The predicted octanol–water partition coefficient (Wildman–Crippen LogP) is 6.34. The second kappa shape index (κ2) is 13.3. The molecule has 0 amide bonds. The second-order valence-corrected chi connectivity index (χ2v) is 14.6. The van der Waals surface area contributed by atoms with Gasteiger partial charge in [0.05, 0.1) is 39.5 Å². The molecule has 0 aliphatic rings. The number of fused-ring (bicyclic) bond motifs is 2. The number of hydrogen-bond donors (Lipinski definition) is 3. The van der Waals surface area contributed by atoms with E-state index >= 15 is 0 Å². The SMILES string of the molecule is COc1ccccc1NS(=O)(=O)c1ccc2oc(/N=C/c3c(O)n(-c4cccc(S(=O)(=O)Nc5ccccc5F)c4)c(=O)c4ccccc34)nc2c1. The lowest BCUT2D eigenvalue weighted by molar-refractivity contribution is 0.417. The summed E-state index contributed by atoms with van der Waals surface area (Å²) in [5.41, 5.74) is -0.203. The van der Waals surface area contributed by atoms with Crippen LogP contribution in [0.4, 0.5) is 21.8 Å². The first kappa shape index (κ1) is 34.0. The lowest BCUT2D eigenvalue weighted by Gasteiger charge is -2.15. The van der Waals surface area contributed by atoms with Crippen LogP contribution in [-0.2, 0) is 20.0 Å². The van der Waals surface area contributed by atoms with E-state index < -0.39 is 37.3 Å². The molecule has 0 spiro atoms. The Morgan fingerprint density at radius 3 is 2.21 bits per heavy atom. The number of hydrogen-bond acceptors (Lipinski definition) is 10. The monoisotopic (exact) mass is 739 g/mol.